The molecule has 0 unspecified atom stereocenters. The summed E-state index contributed by atoms with van der Waals surface area (Å²) < 4.78 is 14.8. The zero-order valence-electron chi connectivity index (χ0n) is 12.1. The molecule has 1 fully saturated rings. The number of benzene rings is 1. The van der Waals surface area contributed by atoms with Gasteiger partial charge in [0.1, 0.15) is 10.7 Å². The van der Waals surface area contributed by atoms with Crippen molar-refractivity contribution in [3.8, 4) is 0 Å². The van der Waals surface area contributed by atoms with E-state index in [1.165, 1.54) is 6.07 Å². The fourth-order valence-electron chi connectivity index (χ4n) is 3.21. The van der Waals surface area contributed by atoms with Crippen molar-refractivity contribution in [2.45, 2.75) is 37.8 Å². The van der Waals surface area contributed by atoms with Crippen molar-refractivity contribution in [1.29, 1.82) is 0 Å². The summed E-state index contributed by atoms with van der Waals surface area (Å²) in [6.07, 6.45) is 4.50. The van der Waals surface area contributed by atoms with E-state index in [-0.39, 0.29) is 22.0 Å². The van der Waals surface area contributed by atoms with Gasteiger partial charge in [-0.3, -0.25) is 4.90 Å². The van der Waals surface area contributed by atoms with Crippen LogP contribution in [0.1, 0.15) is 32.1 Å². The Morgan fingerprint density at radius 1 is 1.22 bits per heavy atom. The lowest BCUT2D eigenvalue weighted by Gasteiger charge is -2.46. The third-order valence-electron chi connectivity index (χ3n) is 4.16. The molecule has 1 aromatic carbocycles. The molecule has 0 radical (unpaired) electrons. The van der Waals surface area contributed by atoms with Crippen molar-refractivity contribution in [2.24, 2.45) is 21.5 Å². The van der Waals surface area contributed by atoms with Crippen molar-refractivity contribution in [3.63, 3.8) is 0 Å². The van der Waals surface area contributed by atoms with E-state index >= 15 is 0 Å². The molecule has 124 valence electrons. The monoisotopic (exact) mass is 421 g/mol. The first-order valence-electron chi connectivity index (χ1n) is 7.18. The lowest BCUT2D eigenvalue weighted by atomic mass is 9.87. The number of nitrogens with zero attached hydrogens (tertiary/aromatic N) is 3. The summed E-state index contributed by atoms with van der Waals surface area (Å²) in [5, 5.41) is -0.193. The van der Waals surface area contributed by atoms with E-state index in [1.807, 2.05) is 0 Å². The molecule has 0 amide bonds. The molecule has 1 aliphatic heterocycles. The van der Waals surface area contributed by atoms with Crippen molar-refractivity contribution >= 4 is 56.7 Å². The minimum absolute atomic E-state index is 0.0705. The first-order valence-corrected chi connectivity index (χ1v) is 8.73. The van der Waals surface area contributed by atoms with Gasteiger partial charge < -0.3 is 11.5 Å². The van der Waals surface area contributed by atoms with Gasteiger partial charge in [-0.2, -0.15) is 4.99 Å². The molecular weight excluding hydrogens is 408 g/mol. The number of guanidine groups is 2. The van der Waals surface area contributed by atoms with Crippen LogP contribution in [-0.2, 0) is 0 Å². The van der Waals surface area contributed by atoms with Crippen LogP contribution in [0.4, 0.5) is 10.1 Å². The molecule has 1 aliphatic carbocycles. The first-order chi connectivity index (χ1) is 10.9. The minimum atomic E-state index is -0.701. The third kappa shape index (κ3) is 2.79. The first kappa shape index (κ1) is 16.8. The summed E-state index contributed by atoms with van der Waals surface area (Å²) in [6, 6.07) is 1.45. The van der Waals surface area contributed by atoms with Gasteiger partial charge in [0.05, 0.1) is 10.7 Å². The number of halogens is 4. The number of hydrogen-bond acceptors (Lipinski definition) is 5. The molecule has 4 N–H and O–H groups in total. The molecule has 1 spiro atoms. The number of hydrogen-bond donors (Lipinski definition) is 2. The molecule has 1 saturated carbocycles. The molecule has 23 heavy (non-hydrogen) atoms. The highest BCUT2D eigenvalue weighted by Gasteiger charge is 2.44. The van der Waals surface area contributed by atoms with Gasteiger partial charge in [-0.25, -0.2) is 9.38 Å². The molecule has 2 aliphatic rings. The van der Waals surface area contributed by atoms with E-state index in [2.05, 4.69) is 25.9 Å². The quantitative estimate of drug-likeness (QED) is 0.530. The lowest BCUT2D eigenvalue weighted by Crippen LogP contribution is -2.58. The van der Waals surface area contributed by atoms with Crippen molar-refractivity contribution in [2.75, 3.05) is 4.90 Å². The molecule has 0 saturated heterocycles. The maximum Gasteiger partial charge on any atom is 0.220 e. The molecule has 0 bridgehead atoms. The second kappa shape index (κ2) is 6.11. The maximum absolute atomic E-state index is 14.2. The normalized spacial score (nSPS) is 20.4. The smallest absolute Gasteiger partial charge is 0.220 e. The summed E-state index contributed by atoms with van der Waals surface area (Å²) in [4.78, 5) is 10.2. The third-order valence-corrected chi connectivity index (χ3v) is 5.39. The largest absolute Gasteiger partial charge is 0.369 e. The lowest BCUT2D eigenvalue weighted by molar-refractivity contribution is 0.305. The predicted molar refractivity (Wildman–Crippen MR) is 95.7 cm³/mol. The minimum Gasteiger partial charge on any atom is -0.369 e. The molecule has 5 nitrogen and oxygen atoms in total. The van der Waals surface area contributed by atoms with E-state index in [9.17, 15) is 4.39 Å². The van der Waals surface area contributed by atoms with Crippen molar-refractivity contribution in [1.82, 2.24) is 0 Å². The fourth-order valence-corrected chi connectivity index (χ4v) is 4.60. The maximum atomic E-state index is 14.2. The molecule has 0 aromatic heterocycles. The SMILES string of the molecule is NC1=NC2(CCCCC2)N(c2c(Br)cc(Cl)c(F)c2Cl)C(N)=N1. The zero-order chi connectivity index (χ0) is 16.8. The van der Waals surface area contributed by atoms with Gasteiger partial charge in [-0.05, 0) is 47.7 Å². The van der Waals surface area contributed by atoms with Gasteiger partial charge >= 0.3 is 0 Å². The van der Waals surface area contributed by atoms with Crippen LogP contribution in [-0.4, -0.2) is 17.6 Å². The van der Waals surface area contributed by atoms with Crippen LogP contribution in [0.5, 0.6) is 0 Å². The molecular formula is C14H15BrCl2FN5. The summed E-state index contributed by atoms with van der Waals surface area (Å²) in [6.45, 7) is 0. The number of anilines is 1. The van der Waals surface area contributed by atoms with E-state index in [1.54, 1.807) is 4.90 Å². The van der Waals surface area contributed by atoms with Crippen molar-refractivity contribution in [3.05, 3.63) is 26.4 Å². The molecule has 0 atom stereocenters. The van der Waals surface area contributed by atoms with E-state index in [0.717, 1.165) is 32.1 Å². The number of rotatable bonds is 1. The Labute approximate surface area is 151 Å². The van der Waals surface area contributed by atoms with Crippen LogP contribution in [0.25, 0.3) is 0 Å². The summed E-state index contributed by atoms with van der Waals surface area (Å²) >= 11 is 15.5. The van der Waals surface area contributed by atoms with Gasteiger partial charge in [-0.1, -0.05) is 29.6 Å². The van der Waals surface area contributed by atoms with Crippen LogP contribution in [0.15, 0.2) is 20.5 Å². The van der Waals surface area contributed by atoms with Gasteiger partial charge in [0.25, 0.3) is 0 Å². The Kier molecular flexibility index (Phi) is 4.46. The molecule has 9 heteroatoms. The van der Waals surface area contributed by atoms with Crippen LogP contribution in [0, 0.1) is 5.82 Å². The standard InChI is InChI=1S/C14H15BrCl2FN5/c15-7-6-8(16)10(18)9(17)11(7)23-13(20)21-12(19)22-14(23)4-2-1-3-5-14/h6H,1-5H2,(H4,19,20,21,22). The number of aliphatic imine (C=N–C) groups is 2. The van der Waals surface area contributed by atoms with Crippen LogP contribution >= 0.6 is 39.1 Å². The Morgan fingerprint density at radius 2 is 1.87 bits per heavy atom. The highest BCUT2D eigenvalue weighted by atomic mass is 79.9. The highest BCUT2D eigenvalue weighted by molar-refractivity contribution is 9.10. The molecule has 1 heterocycles. The summed E-state index contributed by atoms with van der Waals surface area (Å²) in [5.41, 5.74) is 11.6. The Hall–Kier alpha value is -1.05. The van der Waals surface area contributed by atoms with Crippen LogP contribution in [0.2, 0.25) is 10.0 Å². The van der Waals surface area contributed by atoms with Gasteiger partial charge in [0.2, 0.25) is 11.9 Å². The second-order valence-corrected chi connectivity index (χ2v) is 7.27. The Balaban J connectivity index is 2.21. The average molecular weight is 423 g/mol. The van der Waals surface area contributed by atoms with E-state index in [0.29, 0.717) is 10.2 Å². The van der Waals surface area contributed by atoms with Crippen LogP contribution in [0.3, 0.4) is 0 Å². The Bertz CT molecular complexity index is 716. The molecule has 1 aromatic rings. The average Bonchev–Trinajstić information content (AvgIpc) is 2.48. The molecule has 3 rings (SSSR count). The van der Waals surface area contributed by atoms with E-state index in [4.69, 9.17) is 34.7 Å². The number of nitrogens with two attached hydrogens (primary N) is 2. The van der Waals surface area contributed by atoms with Gasteiger partial charge in [-0.15, -0.1) is 0 Å². The van der Waals surface area contributed by atoms with E-state index < -0.39 is 11.5 Å². The predicted octanol–water partition coefficient (Wildman–Crippen LogP) is 4.00. The highest BCUT2D eigenvalue weighted by Crippen LogP contribution is 2.46. The van der Waals surface area contributed by atoms with Gasteiger partial charge in [0.15, 0.2) is 5.82 Å². The fraction of sp³-hybridized carbons (Fsp3) is 0.429. The van der Waals surface area contributed by atoms with Crippen LogP contribution < -0.4 is 16.4 Å². The summed E-state index contributed by atoms with van der Waals surface area (Å²) in [5.74, 6) is -0.432. The summed E-state index contributed by atoms with van der Waals surface area (Å²) in [7, 11) is 0. The van der Waals surface area contributed by atoms with Gasteiger partial charge in [0, 0.05) is 4.47 Å². The van der Waals surface area contributed by atoms with Crippen molar-refractivity contribution < 1.29 is 4.39 Å². The Morgan fingerprint density at radius 3 is 2.52 bits per heavy atom. The topological polar surface area (TPSA) is 80.0 Å². The zero-order valence-corrected chi connectivity index (χ0v) is 15.2. The second-order valence-electron chi connectivity index (χ2n) is 5.64.